The Morgan fingerprint density at radius 2 is 2.00 bits per heavy atom. The van der Waals surface area contributed by atoms with Crippen LogP contribution in [0, 0.1) is 0 Å². The summed E-state index contributed by atoms with van der Waals surface area (Å²) < 4.78 is 6.96. The van der Waals surface area contributed by atoms with Gasteiger partial charge in [0.15, 0.2) is 0 Å². The van der Waals surface area contributed by atoms with Gasteiger partial charge in [0.25, 0.3) is 0 Å². The van der Waals surface area contributed by atoms with E-state index >= 15 is 0 Å². The number of imidazole rings is 1. The monoisotopic (exact) mass is 315 g/mol. The van der Waals surface area contributed by atoms with Crippen LogP contribution in [0.4, 0.5) is 0 Å². The number of nitrogens with zero attached hydrogens (tertiary/aromatic N) is 2. The van der Waals surface area contributed by atoms with Gasteiger partial charge in [0.1, 0.15) is 11.4 Å². The van der Waals surface area contributed by atoms with Crippen LogP contribution in [0.2, 0.25) is 5.02 Å². The molecule has 1 aromatic carbocycles. The molecule has 5 nitrogen and oxygen atoms in total. The zero-order valence-electron chi connectivity index (χ0n) is 11.9. The second kappa shape index (κ2) is 5.69. The van der Waals surface area contributed by atoms with Crippen molar-refractivity contribution in [1.82, 2.24) is 9.38 Å². The summed E-state index contributed by atoms with van der Waals surface area (Å²) >= 11 is 6.04. The quantitative estimate of drug-likeness (QED) is 0.804. The molecular formula is C16H14ClN3O2. The van der Waals surface area contributed by atoms with E-state index in [2.05, 4.69) is 4.98 Å². The molecule has 22 heavy (non-hydrogen) atoms. The van der Waals surface area contributed by atoms with Crippen LogP contribution in [0.1, 0.15) is 5.69 Å². The fourth-order valence-corrected chi connectivity index (χ4v) is 2.54. The van der Waals surface area contributed by atoms with Gasteiger partial charge in [0.2, 0.25) is 5.91 Å². The standard InChI is InChI=1S/C16H14ClN3O2/c1-22-12-5-2-10(3-6-12)16-13(8-14(18)21)20-9-11(17)4-7-15(20)19-16/h2-7,9H,8H2,1H3,(H2,18,21). The van der Waals surface area contributed by atoms with Gasteiger partial charge < -0.3 is 14.9 Å². The fourth-order valence-electron chi connectivity index (χ4n) is 2.38. The Bertz CT molecular complexity index is 840. The van der Waals surface area contributed by atoms with Crippen molar-refractivity contribution < 1.29 is 9.53 Å². The van der Waals surface area contributed by atoms with Crippen LogP contribution in [0.15, 0.2) is 42.6 Å². The molecule has 6 heteroatoms. The van der Waals surface area contributed by atoms with Crippen LogP contribution in [0.25, 0.3) is 16.9 Å². The van der Waals surface area contributed by atoms with Gasteiger partial charge in [-0.05, 0) is 36.4 Å². The Labute approximate surface area is 132 Å². The largest absolute Gasteiger partial charge is 0.497 e. The number of aromatic nitrogens is 2. The molecule has 0 radical (unpaired) electrons. The minimum atomic E-state index is -0.420. The molecule has 112 valence electrons. The first kappa shape index (κ1) is 14.4. The molecule has 2 heterocycles. The van der Waals surface area contributed by atoms with Gasteiger partial charge >= 0.3 is 0 Å². The maximum atomic E-state index is 11.4. The molecule has 0 atom stereocenters. The first-order valence-corrected chi connectivity index (χ1v) is 7.05. The number of carbonyl (C=O) groups excluding carboxylic acids is 1. The Kier molecular flexibility index (Phi) is 3.73. The number of ether oxygens (including phenoxy) is 1. The highest BCUT2D eigenvalue weighted by Gasteiger charge is 2.16. The molecule has 0 spiro atoms. The van der Waals surface area contributed by atoms with Crippen LogP contribution in [-0.2, 0) is 11.2 Å². The minimum Gasteiger partial charge on any atom is -0.497 e. The van der Waals surface area contributed by atoms with E-state index in [-0.39, 0.29) is 6.42 Å². The number of nitrogens with two attached hydrogens (primary N) is 1. The third kappa shape index (κ3) is 2.63. The number of hydrogen-bond acceptors (Lipinski definition) is 3. The van der Waals surface area contributed by atoms with Crippen LogP contribution in [-0.4, -0.2) is 22.4 Å². The van der Waals surface area contributed by atoms with E-state index in [9.17, 15) is 4.79 Å². The van der Waals surface area contributed by atoms with Gasteiger partial charge in [0.05, 0.1) is 29.9 Å². The van der Waals surface area contributed by atoms with E-state index in [1.54, 1.807) is 29.8 Å². The molecule has 0 unspecified atom stereocenters. The van der Waals surface area contributed by atoms with Crippen molar-refractivity contribution in [2.45, 2.75) is 6.42 Å². The van der Waals surface area contributed by atoms with Crippen LogP contribution < -0.4 is 10.5 Å². The lowest BCUT2D eigenvalue weighted by atomic mass is 10.1. The topological polar surface area (TPSA) is 69.6 Å². The summed E-state index contributed by atoms with van der Waals surface area (Å²) in [5, 5.41) is 0.567. The van der Waals surface area contributed by atoms with Crippen LogP contribution in [0.3, 0.4) is 0 Å². The van der Waals surface area contributed by atoms with Gasteiger partial charge in [0, 0.05) is 11.8 Å². The molecule has 3 aromatic rings. The van der Waals surface area contributed by atoms with Crippen molar-refractivity contribution in [2.75, 3.05) is 7.11 Å². The van der Waals surface area contributed by atoms with E-state index in [4.69, 9.17) is 22.1 Å². The fraction of sp³-hybridized carbons (Fsp3) is 0.125. The van der Waals surface area contributed by atoms with Crippen LogP contribution >= 0.6 is 11.6 Å². The molecule has 0 bridgehead atoms. The van der Waals surface area contributed by atoms with Crippen molar-refractivity contribution in [2.24, 2.45) is 5.73 Å². The highest BCUT2D eigenvalue weighted by Crippen LogP contribution is 2.27. The first-order valence-electron chi connectivity index (χ1n) is 6.67. The SMILES string of the molecule is COc1ccc(-c2nc3ccc(Cl)cn3c2CC(N)=O)cc1. The molecule has 0 fully saturated rings. The number of fused-ring (bicyclic) bond motifs is 1. The third-order valence-electron chi connectivity index (χ3n) is 3.39. The van der Waals surface area contributed by atoms with E-state index in [0.29, 0.717) is 16.4 Å². The maximum absolute atomic E-state index is 11.4. The molecule has 0 aliphatic rings. The zero-order valence-corrected chi connectivity index (χ0v) is 12.7. The van der Waals surface area contributed by atoms with Crippen molar-refractivity contribution in [3.8, 4) is 17.0 Å². The third-order valence-corrected chi connectivity index (χ3v) is 3.61. The lowest BCUT2D eigenvalue weighted by molar-refractivity contribution is -0.117. The second-order valence-corrected chi connectivity index (χ2v) is 5.29. The molecule has 1 amide bonds. The Morgan fingerprint density at radius 3 is 2.64 bits per heavy atom. The van der Waals surface area contributed by atoms with Crippen molar-refractivity contribution in [3.05, 3.63) is 53.3 Å². The Morgan fingerprint density at radius 1 is 1.27 bits per heavy atom. The van der Waals surface area contributed by atoms with E-state index in [1.165, 1.54) is 0 Å². The number of pyridine rings is 1. The summed E-state index contributed by atoms with van der Waals surface area (Å²) in [5.41, 5.74) is 8.40. The zero-order chi connectivity index (χ0) is 15.7. The molecule has 3 rings (SSSR count). The highest BCUT2D eigenvalue weighted by atomic mass is 35.5. The van der Waals surface area contributed by atoms with Crippen LogP contribution in [0.5, 0.6) is 5.75 Å². The van der Waals surface area contributed by atoms with Gasteiger partial charge in [-0.15, -0.1) is 0 Å². The number of halogens is 1. The lowest BCUT2D eigenvalue weighted by Gasteiger charge is -2.05. The molecular weight excluding hydrogens is 302 g/mol. The summed E-state index contributed by atoms with van der Waals surface area (Å²) in [7, 11) is 1.61. The summed E-state index contributed by atoms with van der Waals surface area (Å²) in [6, 6.07) is 11.1. The van der Waals surface area contributed by atoms with Gasteiger partial charge in [-0.1, -0.05) is 11.6 Å². The minimum absolute atomic E-state index is 0.0862. The smallest absolute Gasteiger partial charge is 0.223 e. The molecule has 0 saturated carbocycles. The summed E-state index contributed by atoms with van der Waals surface area (Å²) in [6.07, 6.45) is 1.82. The number of rotatable bonds is 4. The summed E-state index contributed by atoms with van der Waals surface area (Å²) in [4.78, 5) is 16.0. The maximum Gasteiger partial charge on any atom is 0.223 e. The van der Waals surface area contributed by atoms with Gasteiger partial charge in [-0.2, -0.15) is 0 Å². The van der Waals surface area contributed by atoms with Gasteiger partial charge in [-0.25, -0.2) is 4.98 Å². The number of benzene rings is 1. The highest BCUT2D eigenvalue weighted by molar-refractivity contribution is 6.30. The Hall–Kier alpha value is -2.53. The summed E-state index contributed by atoms with van der Waals surface area (Å²) in [6.45, 7) is 0. The normalized spacial score (nSPS) is 10.8. The average Bonchev–Trinajstić information content (AvgIpc) is 2.85. The average molecular weight is 316 g/mol. The lowest BCUT2D eigenvalue weighted by Crippen LogP contribution is -2.15. The predicted molar refractivity (Wildman–Crippen MR) is 85.1 cm³/mol. The number of hydrogen-bond donors (Lipinski definition) is 1. The molecule has 2 aromatic heterocycles. The summed E-state index contributed by atoms with van der Waals surface area (Å²) in [5.74, 6) is 0.337. The molecule has 0 saturated heterocycles. The number of primary amides is 1. The predicted octanol–water partition coefficient (Wildman–Crippen LogP) is 2.69. The second-order valence-electron chi connectivity index (χ2n) is 4.85. The van der Waals surface area contributed by atoms with E-state index < -0.39 is 5.91 Å². The van der Waals surface area contributed by atoms with E-state index in [0.717, 1.165) is 17.0 Å². The molecule has 2 N–H and O–H groups in total. The Balaban J connectivity index is 2.20. The van der Waals surface area contributed by atoms with Crippen molar-refractivity contribution >= 4 is 23.2 Å². The first-order chi connectivity index (χ1) is 10.6. The molecule has 0 aliphatic heterocycles. The number of amides is 1. The van der Waals surface area contributed by atoms with Gasteiger partial charge in [-0.3, -0.25) is 4.79 Å². The van der Waals surface area contributed by atoms with E-state index in [1.807, 2.05) is 24.3 Å². The van der Waals surface area contributed by atoms with Crippen molar-refractivity contribution in [3.63, 3.8) is 0 Å². The number of carbonyl (C=O) groups is 1. The number of methoxy groups -OCH3 is 1. The van der Waals surface area contributed by atoms with Crippen molar-refractivity contribution in [1.29, 1.82) is 0 Å². The molecule has 0 aliphatic carbocycles.